The summed E-state index contributed by atoms with van der Waals surface area (Å²) in [4.78, 5) is 4.14. The summed E-state index contributed by atoms with van der Waals surface area (Å²) in [6.07, 6.45) is 3.41. The number of rotatable bonds is 2. The van der Waals surface area contributed by atoms with Crippen LogP contribution in [0.3, 0.4) is 0 Å². The van der Waals surface area contributed by atoms with Gasteiger partial charge in [-0.3, -0.25) is 0 Å². The lowest BCUT2D eigenvalue weighted by molar-refractivity contribution is 0.0532. The maximum Gasteiger partial charge on any atom is 0.216 e. The molecule has 0 bridgehead atoms. The van der Waals surface area contributed by atoms with E-state index < -0.39 is 0 Å². The summed E-state index contributed by atoms with van der Waals surface area (Å²) in [5, 5.41) is 9.23. The summed E-state index contributed by atoms with van der Waals surface area (Å²) < 4.78 is 5.94. The molecule has 2 atom stereocenters. The summed E-state index contributed by atoms with van der Waals surface area (Å²) in [6.45, 7) is 6.79. The Morgan fingerprint density at radius 1 is 1.42 bits per heavy atom. The van der Waals surface area contributed by atoms with Crippen LogP contribution in [-0.4, -0.2) is 11.1 Å². The zero-order valence-corrected chi connectivity index (χ0v) is 12.4. The van der Waals surface area contributed by atoms with E-state index in [9.17, 15) is 0 Å². The Balaban J connectivity index is 2.13. The van der Waals surface area contributed by atoms with E-state index in [1.165, 1.54) is 6.42 Å². The molecular weight excluding hydrogens is 260 g/mol. The lowest BCUT2D eigenvalue weighted by atomic mass is 9.71. The number of nitriles is 1. The van der Waals surface area contributed by atoms with Gasteiger partial charge in [-0.1, -0.05) is 32.4 Å². The van der Waals surface area contributed by atoms with Crippen molar-refractivity contribution >= 4 is 11.6 Å². The fourth-order valence-electron chi connectivity index (χ4n) is 3.12. The van der Waals surface area contributed by atoms with E-state index in [0.717, 1.165) is 12.8 Å². The highest BCUT2D eigenvalue weighted by molar-refractivity contribution is 6.29. The molecule has 1 fully saturated rings. The molecule has 1 aliphatic rings. The number of hydrogen-bond donors (Lipinski definition) is 0. The van der Waals surface area contributed by atoms with E-state index in [4.69, 9.17) is 21.6 Å². The molecule has 0 spiro atoms. The van der Waals surface area contributed by atoms with E-state index in [1.807, 2.05) is 0 Å². The quantitative estimate of drug-likeness (QED) is 0.762. The largest absolute Gasteiger partial charge is 0.474 e. The van der Waals surface area contributed by atoms with E-state index in [2.05, 4.69) is 31.8 Å². The number of pyridine rings is 1. The summed E-state index contributed by atoms with van der Waals surface area (Å²) in [5.41, 5.74) is 0.775. The molecule has 1 aliphatic carbocycles. The maximum atomic E-state index is 8.93. The van der Waals surface area contributed by atoms with Crippen LogP contribution in [0.4, 0.5) is 0 Å². The van der Waals surface area contributed by atoms with Gasteiger partial charge in [0, 0.05) is 6.07 Å². The smallest absolute Gasteiger partial charge is 0.216 e. The molecule has 1 heterocycles. The van der Waals surface area contributed by atoms with Crippen molar-refractivity contribution in [2.45, 2.75) is 46.1 Å². The molecule has 0 N–H and O–H groups in total. The van der Waals surface area contributed by atoms with Crippen molar-refractivity contribution in [1.29, 1.82) is 5.26 Å². The van der Waals surface area contributed by atoms with Crippen molar-refractivity contribution in [3.05, 3.63) is 22.8 Å². The number of aromatic nitrogens is 1. The lowest BCUT2D eigenvalue weighted by Crippen LogP contribution is -2.34. The van der Waals surface area contributed by atoms with Crippen molar-refractivity contribution in [2.24, 2.45) is 11.3 Å². The predicted molar refractivity (Wildman–Crippen MR) is 75.2 cm³/mol. The van der Waals surface area contributed by atoms with Crippen molar-refractivity contribution in [2.75, 3.05) is 0 Å². The minimum absolute atomic E-state index is 0.149. The molecule has 0 radical (unpaired) electrons. The standard InChI is InChI=1S/C15H19ClN2O/c1-10-4-12(8-15(2,3)7-10)19-14-6-11(9-17)5-13(16)18-14/h5-6,10,12H,4,7-8H2,1-3H3. The van der Waals surface area contributed by atoms with Crippen LogP contribution in [0.25, 0.3) is 0 Å². The van der Waals surface area contributed by atoms with Crippen LogP contribution in [0.1, 0.15) is 45.6 Å². The average Bonchev–Trinajstić information content (AvgIpc) is 2.24. The van der Waals surface area contributed by atoms with Crippen LogP contribution in [0.15, 0.2) is 12.1 Å². The second kappa shape index (κ2) is 5.38. The Bertz CT molecular complexity index is 507. The van der Waals surface area contributed by atoms with Gasteiger partial charge < -0.3 is 4.74 Å². The number of halogens is 1. The summed E-state index contributed by atoms with van der Waals surface area (Å²) in [6, 6.07) is 5.26. The Morgan fingerprint density at radius 3 is 2.79 bits per heavy atom. The highest BCUT2D eigenvalue weighted by Crippen LogP contribution is 2.39. The second-order valence-electron chi connectivity index (χ2n) is 6.28. The minimum atomic E-state index is 0.149. The van der Waals surface area contributed by atoms with E-state index >= 15 is 0 Å². The Kier molecular flexibility index (Phi) is 4.01. The molecule has 1 saturated carbocycles. The van der Waals surface area contributed by atoms with Gasteiger partial charge in [0.1, 0.15) is 11.3 Å². The Labute approximate surface area is 119 Å². The van der Waals surface area contributed by atoms with Gasteiger partial charge in [-0.25, -0.2) is 4.98 Å². The average molecular weight is 279 g/mol. The number of ether oxygens (including phenoxy) is 1. The van der Waals surface area contributed by atoms with Crippen molar-refractivity contribution in [3.63, 3.8) is 0 Å². The third-order valence-electron chi connectivity index (χ3n) is 3.53. The third-order valence-corrected chi connectivity index (χ3v) is 3.73. The van der Waals surface area contributed by atoms with Crippen molar-refractivity contribution < 1.29 is 4.74 Å². The Hall–Kier alpha value is -1.27. The normalized spacial score (nSPS) is 25.6. The highest BCUT2D eigenvalue weighted by atomic mass is 35.5. The van der Waals surface area contributed by atoms with Crippen LogP contribution >= 0.6 is 11.6 Å². The molecule has 0 saturated heterocycles. The van der Waals surface area contributed by atoms with Gasteiger partial charge in [0.15, 0.2) is 0 Å². The summed E-state index contributed by atoms with van der Waals surface area (Å²) in [7, 11) is 0. The highest BCUT2D eigenvalue weighted by Gasteiger charge is 2.33. The van der Waals surface area contributed by atoms with Crippen LogP contribution in [0.2, 0.25) is 5.15 Å². The van der Waals surface area contributed by atoms with Gasteiger partial charge in [0.2, 0.25) is 5.88 Å². The first-order chi connectivity index (χ1) is 8.88. The summed E-state index contributed by atoms with van der Waals surface area (Å²) in [5.74, 6) is 1.10. The molecular formula is C15H19ClN2O. The maximum absolute atomic E-state index is 8.93. The predicted octanol–water partition coefficient (Wildman–Crippen LogP) is 4.20. The molecule has 2 unspecified atom stereocenters. The zero-order valence-electron chi connectivity index (χ0n) is 11.6. The van der Waals surface area contributed by atoms with E-state index in [-0.39, 0.29) is 6.10 Å². The molecule has 1 aromatic rings. The molecule has 19 heavy (non-hydrogen) atoms. The first kappa shape index (κ1) is 14.1. The number of hydrogen-bond acceptors (Lipinski definition) is 3. The van der Waals surface area contributed by atoms with Gasteiger partial charge in [0.25, 0.3) is 0 Å². The molecule has 0 aliphatic heterocycles. The third kappa shape index (κ3) is 3.84. The van der Waals surface area contributed by atoms with Crippen LogP contribution in [0.5, 0.6) is 5.88 Å². The first-order valence-electron chi connectivity index (χ1n) is 6.62. The molecule has 102 valence electrons. The van der Waals surface area contributed by atoms with Gasteiger partial charge >= 0.3 is 0 Å². The van der Waals surface area contributed by atoms with Crippen molar-refractivity contribution in [1.82, 2.24) is 4.98 Å². The van der Waals surface area contributed by atoms with Gasteiger partial charge in [-0.15, -0.1) is 0 Å². The molecule has 0 amide bonds. The van der Waals surface area contributed by atoms with Gasteiger partial charge in [-0.05, 0) is 36.7 Å². The zero-order chi connectivity index (χ0) is 14.0. The molecule has 1 aromatic heterocycles. The second-order valence-corrected chi connectivity index (χ2v) is 6.67. The van der Waals surface area contributed by atoms with E-state index in [0.29, 0.717) is 27.9 Å². The topological polar surface area (TPSA) is 45.9 Å². The lowest BCUT2D eigenvalue weighted by Gasteiger charge is -2.38. The Morgan fingerprint density at radius 2 is 2.16 bits per heavy atom. The fourth-order valence-corrected chi connectivity index (χ4v) is 3.32. The SMILES string of the molecule is CC1CC(Oc2cc(C#N)cc(Cl)n2)CC(C)(C)C1. The monoisotopic (exact) mass is 278 g/mol. The molecule has 2 rings (SSSR count). The van der Waals surface area contributed by atoms with Crippen LogP contribution in [-0.2, 0) is 0 Å². The first-order valence-corrected chi connectivity index (χ1v) is 7.00. The van der Waals surface area contributed by atoms with Crippen LogP contribution < -0.4 is 4.74 Å². The minimum Gasteiger partial charge on any atom is -0.474 e. The molecule has 3 nitrogen and oxygen atoms in total. The number of nitrogens with zero attached hydrogens (tertiary/aromatic N) is 2. The molecule has 0 aromatic carbocycles. The van der Waals surface area contributed by atoms with E-state index in [1.54, 1.807) is 12.1 Å². The molecule has 4 heteroatoms. The van der Waals surface area contributed by atoms with Crippen LogP contribution in [0, 0.1) is 22.7 Å². The van der Waals surface area contributed by atoms with Crippen molar-refractivity contribution in [3.8, 4) is 11.9 Å². The van der Waals surface area contributed by atoms with Gasteiger partial charge in [0.05, 0.1) is 11.6 Å². The summed E-state index contributed by atoms with van der Waals surface area (Å²) >= 11 is 5.89. The fraction of sp³-hybridized carbons (Fsp3) is 0.600. The van der Waals surface area contributed by atoms with Gasteiger partial charge in [-0.2, -0.15) is 5.26 Å².